The number of anilines is 3. The van der Waals surface area contributed by atoms with Crippen molar-refractivity contribution < 1.29 is 8.83 Å². The second kappa shape index (κ2) is 13.6. The fraction of sp³-hybridized carbons (Fsp3) is 0. The summed E-state index contributed by atoms with van der Waals surface area (Å²) in [5.74, 6) is 0. The van der Waals surface area contributed by atoms with Crippen LogP contribution in [0, 0.1) is 0 Å². The van der Waals surface area contributed by atoms with Crippen LogP contribution >= 0.6 is 0 Å². The van der Waals surface area contributed by atoms with Crippen LogP contribution in [0.5, 0.6) is 0 Å². The van der Waals surface area contributed by atoms with E-state index in [1.807, 2.05) is 24.3 Å². The fourth-order valence-electron chi connectivity index (χ4n) is 8.20. The molecule has 3 heteroatoms. The Balaban J connectivity index is 0.974. The fourth-order valence-corrected chi connectivity index (χ4v) is 8.20. The van der Waals surface area contributed by atoms with E-state index in [1.54, 1.807) is 0 Å². The van der Waals surface area contributed by atoms with E-state index in [0.29, 0.717) is 0 Å². The third kappa shape index (κ3) is 5.94. The summed E-state index contributed by atoms with van der Waals surface area (Å²) in [4.78, 5) is 2.29. The maximum Gasteiger partial charge on any atom is 0.136 e. The molecule has 0 aliphatic carbocycles. The van der Waals surface area contributed by atoms with Gasteiger partial charge >= 0.3 is 0 Å². The Bertz CT molecular complexity index is 3040. The van der Waals surface area contributed by atoms with Gasteiger partial charge in [0.05, 0.1) is 0 Å². The Morgan fingerprint density at radius 1 is 0.228 bits per heavy atom. The van der Waals surface area contributed by atoms with Crippen LogP contribution in [0.25, 0.3) is 88.4 Å². The lowest BCUT2D eigenvalue weighted by Gasteiger charge is -2.25. The first-order valence-corrected chi connectivity index (χ1v) is 19.3. The lowest BCUT2D eigenvalue weighted by molar-refractivity contribution is 0.668. The van der Waals surface area contributed by atoms with Crippen molar-refractivity contribution >= 4 is 60.9 Å². The van der Waals surface area contributed by atoms with Crippen molar-refractivity contribution in [2.75, 3.05) is 4.90 Å². The van der Waals surface area contributed by atoms with Crippen LogP contribution in [0.15, 0.2) is 221 Å². The molecule has 57 heavy (non-hydrogen) atoms. The van der Waals surface area contributed by atoms with E-state index in [1.165, 1.54) is 11.1 Å². The molecule has 0 atom stereocenters. The second-order valence-electron chi connectivity index (χ2n) is 14.5. The minimum atomic E-state index is 0.885. The Kier molecular flexibility index (Phi) is 7.82. The second-order valence-corrected chi connectivity index (χ2v) is 14.5. The van der Waals surface area contributed by atoms with Gasteiger partial charge in [0.25, 0.3) is 0 Å². The summed E-state index contributed by atoms with van der Waals surface area (Å²) in [5, 5.41) is 4.51. The molecular weight excluding hydrogens is 695 g/mol. The molecule has 11 aromatic rings. The molecule has 0 amide bonds. The number of furan rings is 2. The zero-order valence-electron chi connectivity index (χ0n) is 31.0. The van der Waals surface area contributed by atoms with Gasteiger partial charge in [-0.2, -0.15) is 0 Å². The third-order valence-corrected chi connectivity index (χ3v) is 11.1. The highest BCUT2D eigenvalue weighted by atomic mass is 16.3. The topological polar surface area (TPSA) is 29.5 Å². The third-order valence-electron chi connectivity index (χ3n) is 11.1. The number of nitrogens with zero attached hydrogens (tertiary/aromatic N) is 1. The van der Waals surface area contributed by atoms with Gasteiger partial charge in [0.1, 0.15) is 22.3 Å². The van der Waals surface area contributed by atoms with Crippen molar-refractivity contribution in [2.24, 2.45) is 0 Å². The van der Waals surface area contributed by atoms with Gasteiger partial charge in [-0.25, -0.2) is 0 Å². The van der Waals surface area contributed by atoms with Crippen LogP contribution in [0.4, 0.5) is 17.1 Å². The van der Waals surface area contributed by atoms with Crippen LogP contribution in [-0.4, -0.2) is 0 Å². The lowest BCUT2D eigenvalue weighted by atomic mass is 9.92. The van der Waals surface area contributed by atoms with Crippen molar-refractivity contribution in [3.8, 4) is 44.5 Å². The van der Waals surface area contributed by atoms with Crippen molar-refractivity contribution in [3.63, 3.8) is 0 Å². The monoisotopic (exact) mass is 729 g/mol. The molecule has 0 fully saturated rings. The Morgan fingerprint density at radius 3 is 1.04 bits per heavy atom. The van der Waals surface area contributed by atoms with Crippen LogP contribution in [-0.2, 0) is 0 Å². The van der Waals surface area contributed by atoms with E-state index in [9.17, 15) is 0 Å². The molecule has 0 N–H and O–H groups in total. The van der Waals surface area contributed by atoms with Gasteiger partial charge in [0, 0.05) is 38.6 Å². The van der Waals surface area contributed by atoms with E-state index in [-0.39, 0.29) is 0 Å². The Morgan fingerprint density at radius 2 is 0.561 bits per heavy atom. The number of hydrogen-bond acceptors (Lipinski definition) is 3. The molecule has 11 rings (SSSR count). The van der Waals surface area contributed by atoms with E-state index in [2.05, 4.69) is 193 Å². The summed E-state index contributed by atoms with van der Waals surface area (Å²) in [7, 11) is 0. The molecule has 2 heterocycles. The molecule has 0 saturated heterocycles. The summed E-state index contributed by atoms with van der Waals surface area (Å²) in [5.41, 5.74) is 16.0. The first kappa shape index (κ1) is 32.8. The molecule has 0 aliphatic rings. The van der Waals surface area contributed by atoms with Crippen LogP contribution < -0.4 is 4.90 Å². The SMILES string of the molecule is c1ccc(N(c2ccccc2)c2ccc(-c3ccc(-c4cc(-c5ccc6c(c5)oc5ccccc56)cc(-c5ccc6c(c5)oc5ccccc56)c4)cc3)cc2)cc1. The van der Waals surface area contributed by atoms with Crippen LogP contribution in [0.3, 0.4) is 0 Å². The van der Waals surface area contributed by atoms with E-state index < -0.39 is 0 Å². The summed E-state index contributed by atoms with van der Waals surface area (Å²) < 4.78 is 12.7. The van der Waals surface area contributed by atoms with Crippen molar-refractivity contribution in [2.45, 2.75) is 0 Å². The average molecular weight is 730 g/mol. The molecular formula is C54H35NO2. The average Bonchev–Trinajstić information content (AvgIpc) is 3.85. The first-order valence-electron chi connectivity index (χ1n) is 19.3. The molecule has 268 valence electrons. The van der Waals surface area contributed by atoms with Gasteiger partial charge < -0.3 is 13.7 Å². The smallest absolute Gasteiger partial charge is 0.136 e. The number of benzene rings is 9. The summed E-state index contributed by atoms with van der Waals surface area (Å²) >= 11 is 0. The molecule has 2 aromatic heterocycles. The maximum atomic E-state index is 6.33. The van der Waals surface area contributed by atoms with Gasteiger partial charge in [-0.1, -0.05) is 121 Å². The molecule has 0 radical (unpaired) electrons. The van der Waals surface area contributed by atoms with Gasteiger partial charge in [-0.3, -0.25) is 0 Å². The van der Waals surface area contributed by atoms with Gasteiger partial charge in [0.2, 0.25) is 0 Å². The normalized spacial score (nSPS) is 11.5. The van der Waals surface area contributed by atoms with Gasteiger partial charge in [-0.15, -0.1) is 0 Å². The van der Waals surface area contributed by atoms with E-state index in [4.69, 9.17) is 8.83 Å². The molecule has 0 unspecified atom stereocenters. The first-order chi connectivity index (χ1) is 28.2. The summed E-state index contributed by atoms with van der Waals surface area (Å²) in [6.07, 6.45) is 0. The zero-order chi connectivity index (χ0) is 37.7. The molecule has 0 spiro atoms. The Labute approximate surface area is 330 Å². The summed E-state index contributed by atoms with van der Waals surface area (Å²) in [6, 6.07) is 75.2. The predicted molar refractivity (Wildman–Crippen MR) is 237 cm³/mol. The van der Waals surface area contributed by atoms with Crippen molar-refractivity contribution in [1.29, 1.82) is 0 Å². The molecule has 0 aliphatic heterocycles. The standard InChI is InChI=1S/C54H35NO2/c1-3-11-44(12-4-1)55(45-13-5-2-6-14-45)46-27-23-37(24-28-46)36-19-21-38(22-20-36)41-31-42(39-25-29-49-47-15-7-9-17-51(47)56-53(49)34-39)33-43(32-41)40-26-30-50-48-16-8-10-18-52(48)57-54(50)35-40/h1-35H. The summed E-state index contributed by atoms with van der Waals surface area (Å²) in [6.45, 7) is 0. The predicted octanol–water partition coefficient (Wildman–Crippen LogP) is 15.6. The maximum absolute atomic E-state index is 6.33. The van der Waals surface area contributed by atoms with Gasteiger partial charge in [-0.05, 0) is 136 Å². The van der Waals surface area contributed by atoms with E-state index >= 15 is 0 Å². The minimum Gasteiger partial charge on any atom is -0.456 e. The lowest BCUT2D eigenvalue weighted by Crippen LogP contribution is -2.09. The van der Waals surface area contributed by atoms with E-state index in [0.717, 1.165) is 94.3 Å². The highest BCUT2D eigenvalue weighted by Crippen LogP contribution is 2.40. The van der Waals surface area contributed by atoms with Crippen molar-refractivity contribution in [3.05, 3.63) is 212 Å². The quantitative estimate of drug-likeness (QED) is 0.164. The molecule has 9 aromatic carbocycles. The Hall–Kier alpha value is -7.62. The highest BCUT2D eigenvalue weighted by Gasteiger charge is 2.15. The van der Waals surface area contributed by atoms with Crippen LogP contribution in [0.1, 0.15) is 0 Å². The van der Waals surface area contributed by atoms with Gasteiger partial charge in [0.15, 0.2) is 0 Å². The van der Waals surface area contributed by atoms with Crippen LogP contribution in [0.2, 0.25) is 0 Å². The number of fused-ring (bicyclic) bond motifs is 6. The number of hydrogen-bond donors (Lipinski definition) is 0. The zero-order valence-corrected chi connectivity index (χ0v) is 31.0. The highest BCUT2D eigenvalue weighted by molar-refractivity contribution is 6.07. The molecule has 3 nitrogen and oxygen atoms in total. The number of rotatable bonds is 7. The number of para-hydroxylation sites is 4. The molecule has 0 bridgehead atoms. The van der Waals surface area contributed by atoms with Crippen molar-refractivity contribution in [1.82, 2.24) is 0 Å². The largest absolute Gasteiger partial charge is 0.456 e. The molecule has 0 saturated carbocycles. The minimum absolute atomic E-state index is 0.885.